The van der Waals surface area contributed by atoms with Crippen molar-refractivity contribution in [1.82, 2.24) is 14.8 Å². The molecule has 2 heterocycles. The third-order valence-electron chi connectivity index (χ3n) is 5.46. The summed E-state index contributed by atoms with van der Waals surface area (Å²) in [5.41, 5.74) is 4.73. The minimum Gasteiger partial charge on any atom is -0.358 e. The topological polar surface area (TPSA) is 132 Å². The number of rotatable bonds is 6. The van der Waals surface area contributed by atoms with Crippen molar-refractivity contribution in [2.75, 3.05) is 5.32 Å². The van der Waals surface area contributed by atoms with E-state index < -0.39 is 15.9 Å². The van der Waals surface area contributed by atoms with E-state index in [1.54, 1.807) is 31.5 Å². The Morgan fingerprint density at radius 3 is 2.34 bits per heavy atom. The molecule has 1 aliphatic rings. The standard InChI is InChI=1S/C22H28N4O5S/c1-11(2)26(12(3)4)32(30,31)15-7-8-18-16(9-15)17(21(27)24-18)10-19-13(5)20(14(6)23-19)22(28)25-29/h7-12,23,29H,1-6H3,(H,24,27)(H,25,28)/b17-10+. The molecule has 0 fully saturated rings. The van der Waals surface area contributed by atoms with Gasteiger partial charge < -0.3 is 10.3 Å². The number of benzene rings is 1. The van der Waals surface area contributed by atoms with Gasteiger partial charge in [-0.15, -0.1) is 0 Å². The lowest BCUT2D eigenvalue weighted by Gasteiger charge is -2.29. The Balaban J connectivity index is 2.13. The highest BCUT2D eigenvalue weighted by molar-refractivity contribution is 7.89. The van der Waals surface area contributed by atoms with Gasteiger partial charge in [-0.3, -0.25) is 14.8 Å². The molecule has 0 atom stereocenters. The first-order chi connectivity index (χ1) is 14.9. The Bertz CT molecular complexity index is 1220. The van der Waals surface area contributed by atoms with E-state index in [1.165, 1.54) is 16.4 Å². The summed E-state index contributed by atoms with van der Waals surface area (Å²) in [4.78, 5) is 27.8. The van der Waals surface area contributed by atoms with Gasteiger partial charge >= 0.3 is 0 Å². The van der Waals surface area contributed by atoms with Gasteiger partial charge in [-0.25, -0.2) is 13.9 Å². The highest BCUT2D eigenvalue weighted by Gasteiger charge is 2.32. The fourth-order valence-corrected chi connectivity index (χ4v) is 6.06. The molecule has 10 heteroatoms. The number of amides is 2. The van der Waals surface area contributed by atoms with Crippen LogP contribution in [0.1, 0.15) is 60.6 Å². The molecule has 2 amide bonds. The van der Waals surface area contributed by atoms with Gasteiger partial charge in [0.1, 0.15) is 0 Å². The Hall–Kier alpha value is -2.95. The zero-order valence-electron chi connectivity index (χ0n) is 18.9. The van der Waals surface area contributed by atoms with Gasteiger partial charge in [0.15, 0.2) is 0 Å². The number of hydrogen-bond acceptors (Lipinski definition) is 5. The van der Waals surface area contributed by atoms with Crippen molar-refractivity contribution >= 4 is 39.2 Å². The second-order valence-electron chi connectivity index (χ2n) is 8.35. The van der Waals surface area contributed by atoms with Crippen LogP contribution in [0.4, 0.5) is 5.69 Å². The van der Waals surface area contributed by atoms with Crippen LogP contribution in [-0.4, -0.2) is 46.8 Å². The monoisotopic (exact) mass is 460 g/mol. The zero-order valence-corrected chi connectivity index (χ0v) is 19.7. The highest BCUT2D eigenvalue weighted by Crippen LogP contribution is 2.36. The summed E-state index contributed by atoms with van der Waals surface area (Å²) < 4.78 is 28.0. The number of carbonyl (C=O) groups is 2. The molecule has 0 bridgehead atoms. The van der Waals surface area contributed by atoms with E-state index in [0.29, 0.717) is 28.2 Å². The van der Waals surface area contributed by atoms with E-state index in [0.717, 1.165) is 0 Å². The number of nitrogens with zero attached hydrogens (tertiary/aromatic N) is 1. The summed E-state index contributed by atoms with van der Waals surface area (Å²) in [5.74, 6) is -1.04. The molecular formula is C22H28N4O5S. The van der Waals surface area contributed by atoms with E-state index in [9.17, 15) is 18.0 Å². The minimum atomic E-state index is -3.78. The van der Waals surface area contributed by atoms with Crippen molar-refractivity contribution in [2.24, 2.45) is 0 Å². The van der Waals surface area contributed by atoms with Crippen LogP contribution in [-0.2, 0) is 14.8 Å². The molecule has 3 rings (SSSR count). The van der Waals surface area contributed by atoms with Crippen LogP contribution in [0.3, 0.4) is 0 Å². The van der Waals surface area contributed by atoms with Crippen molar-refractivity contribution in [1.29, 1.82) is 0 Å². The number of anilines is 1. The first-order valence-electron chi connectivity index (χ1n) is 10.2. The quantitative estimate of drug-likeness (QED) is 0.299. The largest absolute Gasteiger partial charge is 0.358 e. The Labute approximate surface area is 187 Å². The maximum absolute atomic E-state index is 13.3. The normalized spacial score (nSPS) is 15.1. The fraction of sp³-hybridized carbons (Fsp3) is 0.364. The summed E-state index contributed by atoms with van der Waals surface area (Å²) in [5, 5.41) is 11.7. The predicted molar refractivity (Wildman–Crippen MR) is 122 cm³/mol. The highest BCUT2D eigenvalue weighted by atomic mass is 32.2. The molecule has 0 unspecified atom stereocenters. The average molecular weight is 461 g/mol. The van der Waals surface area contributed by atoms with Crippen LogP contribution in [0, 0.1) is 13.8 Å². The summed E-state index contributed by atoms with van der Waals surface area (Å²) in [7, 11) is -3.78. The summed E-state index contributed by atoms with van der Waals surface area (Å²) >= 11 is 0. The van der Waals surface area contributed by atoms with E-state index in [2.05, 4.69) is 10.3 Å². The van der Waals surface area contributed by atoms with Crippen LogP contribution in [0.15, 0.2) is 23.1 Å². The Kier molecular flexibility index (Phi) is 6.32. The lowest BCUT2D eigenvalue weighted by atomic mass is 10.0. The predicted octanol–water partition coefficient (Wildman–Crippen LogP) is 3.05. The van der Waals surface area contributed by atoms with Crippen LogP contribution in [0.5, 0.6) is 0 Å². The molecule has 9 nitrogen and oxygen atoms in total. The smallest absolute Gasteiger partial charge is 0.276 e. The second kappa shape index (κ2) is 8.53. The molecule has 32 heavy (non-hydrogen) atoms. The lowest BCUT2D eigenvalue weighted by molar-refractivity contribution is -0.110. The molecule has 0 aliphatic carbocycles. The van der Waals surface area contributed by atoms with E-state index in [4.69, 9.17) is 5.21 Å². The molecule has 0 saturated heterocycles. The number of H-pyrrole nitrogens is 1. The Morgan fingerprint density at radius 2 is 1.78 bits per heavy atom. The SMILES string of the molecule is Cc1[nH]c(/C=C2/C(=O)Nc3ccc(S(=O)(=O)N(C(C)C)C(C)C)cc32)c(C)c1C(=O)NO. The van der Waals surface area contributed by atoms with Gasteiger partial charge in [0.2, 0.25) is 10.0 Å². The van der Waals surface area contributed by atoms with Gasteiger partial charge in [-0.2, -0.15) is 4.31 Å². The molecule has 1 aromatic carbocycles. The molecule has 0 spiro atoms. The van der Waals surface area contributed by atoms with Gasteiger partial charge in [0.05, 0.1) is 16.0 Å². The third-order valence-corrected chi connectivity index (χ3v) is 7.71. The number of hydrogen-bond donors (Lipinski definition) is 4. The van der Waals surface area contributed by atoms with Crippen molar-refractivity contribution < 1.29 is 23.2 Å². The zero-order chi connectivity index (χ0) is 24.0. The van der Waals surface area contributed by atoms with Crippen LogP contribution < -0.4 is 10.8 Å². The molecule has 0 saturated carbocycles. The van der Waals surface area contributed by atoms with Gasteiger partial charge in [-0.05, 0) is 71.4 Å². The molecular weight excluding hydrogens is 432 g/mol. The lowest BCUT2D eigenvalue weighted by Crippen LogP contribution is -2.41. The van der Waals surface area contributed by atoms with Crippen molar-refractivity contribution in [2.45, 2.75) is 58.5 Å². The summed E-state index contributed by atoms with van der Waals surface area (Å²) in [6.07, 6.45) is 1.58. The number of sulfonamides is 1. The molecule has 0 radical (unpaired) electrons. The van der Waals surface area contributed by atoms with Crippen molar-refractivity contribution in [3.05, 3.63) is 46.3 Å². The number of carbonyl (C=O) groups excluding carboxylic acids is 2. The Morgan fingerprint density at radius 1 is 1.16 bits per heavy atom. The van der Waals surface area contributed by atoms with Crippen LogP contribution in [0.2, 0.25) is 0 Å². The van der Waals surface area contributed by atoms with E-state index >= 15 is 0 Å². The first-order valence-corrected chi connectivity index (χ1v) is 11.7. The number of aromatic amines is 1. The first kappa shape index (κ1) is 23.7. The summed E-state index contributed by atoms with van der Waals surface area (Å²) in [6, 6.07) is 4.10. The maximum Gasteiger partial charge on any atom is 0.276 e. The van der Waals surface area contributed by atoms with Gasteiger partial charge in [-0.1, -0.05) is 0 Å². The molecule has 4 N–H and O–H groups in total. The van der Waals surface area contributed by atoms with Crippen molar-refractivity contribution in [3.8, 4) is 0 Å². The number of hydroxylamine groups is 1. The van der Waals surface area contributed by atoms with E-state index in [1.807, 2.05) is 27.7 Å². The van der Waals surface area contributed by atoms with Gasteiger partial charge in [0, 0.05) is 34.7 Å². The molecule has 1 aromatic heterocycles. The third kappa shape index (κ3) is 3.96. The minimum absolute atomic E-state index is 0.0979. The number of aromatic nitrogens is 1. The van der Waals surface area contributed by atoms with Crippen molar-refractivity contribution in [3.63, 3.8) is 0 Å². The van der Waals surface area contributed by atoms with E-state index in [-0.39, 0.29) is 34.0 Å². The summed E-state index contributed by atoms with van der Waals surface area (Å²) in [6.45, 7) is 10.6. The van der Waals surface area contributed by atoms with Crippen LogP contribution >= 0.6 is 0 Å². The second-order valence-corrected chi connectivity index (χ2v) is 10.2. The van der Waals surface area contributed by atoms with Crippen LogP contribution in [0.25, 0.3) is 11.6 Å². The van der Waals surface area contributed by atoms with Gasteiger partial charge in [0.25, 0.3) is 11.8 Å². The molecule has 172 valence electrons. The maximum atomic E-state index is 13.3. The number of nitrogens with one attached hydrogen (secondary N) is 3. The number of fused-ring (bicyclic) bond motifs is 1. The average Bonchev–Trinajstić information content (AvgIpc) is 3.15. The fourth-order valence-electron chi connectivity index (χ4n) is 4.20. The molecule has 2 aromatic rings. The number of aryl methyl sites for hydroxylation is 1. The molecule has 1 aliphatic heterocycles.